The third kappa shape index (κ3) is 3.73. The molecule has 3 aromatic heterocycles. The summed E-state index contributed by atoms with van der Waals surface area (Å²) in [4.78, 5) is 8.86. The summed E-state index contributed by atoms with van der Waals surface area (Å²) >= 11 is 5.02. The lowest BCUT2D eigenvalue weighted by Gasteiger charge is -2.12. The third-order valence-corrected chi connectivity index (χ3v) is 5.41. The number of hydrogen-bond donors (Lipinski definition) is 1. The number of anilines is 1. The van der Waals surface area contributed by atoms with Crippen LogP contribution in [0.4, 0.5) is 5.13 Å². The van der Waals surface area contributed by atoms with Gasteiger partial charge >= 0.3 is 0 Å². The van der Waals surface area contributed by atoms with Gasteiger partial charge in [-0.2, -0.15) is 0 Å². The van der Waals surface area contributed by atoms with Crippen molar-refractivity contribution in [2.75, 3.05) is 5.32 Å². The van der Waals surface area contributed by atoms with Crippen LogP contribution in [-0.4, -0.2) is 26.2 Å². The lowest BCUT2D eigenvalue weighted by atomic mass is 10.1. The van der Waals surface area contributed by atoms with Gasteiger partial charge in [-0.15, -0.1) is 10.2 Å². The predicted octanol–water partition coefficient (Wildman–Crippen LogP) is 4.95. The highest BCUT2D eigenvalue weighted by atomic mass is 79.9. The van der Waals surface area contributed by atoms with Crippen molar-refractivity contribution >= 4 is 43.3 Å². The van der Waals surface area contributed by atoms with Gasteiger partial charge in [0, 0.05) is 23.8 Å². The van der Waals surface area contributed by atoms with Crippen LogP contribution in [0.25, 0.3) is 21.6 Å². The molecule has 130 valence electrons. The Labute approximate surface area is 163 Å². The average Bonchev–Trinajstić information content (AvgIpc) is 3.11. The molecule has 4 rings (SSSR count). The minimum absolute atomic E-state index is 0.267. The van der Waals surface area contributed by atoms with Crippen LogP contribution in [0.2, 0.25) is 0 Å². The van der Waals surface area contributed by atoms with Crippen LogP contribution in [0.5, 0.6) is 0 Å². The summed E-state index contributed by atoms with van der Waals surface area (Å²) in [5.41, 5.74) is 2.98. The minimum Gasteiger partial charge on any atom is -0.357 e. The molecule has 0 saturated carbocycles. The number of benzene rings is 1. The van der Waals surface area contributed by atoms with Crippen LogP contribution in [0, 0.1) is 0 Å². The highest BCUT2D eigenvalue weighted by Gasteiger charge is 2.12. The van der Waals surface area contributed by atoms with Gasteiger partial charge in [-0.25, -0.2) is 4.98 Å². The van der Waals surface area contributed by atoms with Gasteiger partial charge in [-0.3, -0.25) is 4.98 Å². The second-order valence-corrected chi connectivity index (χ2v) is 7.87. The molecular formula is C19H16BrN5S. The van der Waals surface area contributed by atoms with E-state index in [2.05, 4.69) is 67.6 Å². The first-order valence-corrected chi connectivity index (χ1v) is 9.84. The summed E-state index contributed by atoms with van der Waals surface area (Å²) in [6.45, 7) is 2.15. The smallest absolute Gasteiger partial charge is 0.206 e. The number of hydrogen-bond acceptors (Lipinski definition) is 6. The standard InChI is InChI=1S/C19H16BrN5S/c1-12(9-13-5-3-2-4-6-13)22-19-25-24-18(26-19)16-8-7-14-10-21-11-15(20)17(14)23-16/h2-8,10-12H,9H2,1H3,(H,22,25). The van der Waals surface area contributed by atoms with Gasteiger partial charge < -0.3 is 5.32 Å². The molecule has 0 amide bonds. The molecule has 1 N–H and O–H groups in total. The molecule has 5 nitrogen and oxygen atoms in total. The quantitative estimate of drug-likeness (QED) is 0.489. The van der Waals surface area contributed by atoms with Crippen LogP contribution in [0.15, 0.2) is 59.3 Å². The highest BCUT2D eigenvalue weighted by Crippen LogP contribution is 2.29. The van der Waals surface area contributed by atoms with Gasteiger partial charge in [-0.1, -0.05) is 41.7 Å². The number of nitrogens with zero attached hydrogens (tertiary/aromatic N) is 4. The Bertz CT molecular complexity index is 1030. The van der Waals surface area contributed by atoms with E-state index in [1.807, 2.05) is 18.2 Å². The summed E-state index contributed by atoms with van der Waals surface area (Å²) in [6, 6.07) is 14.6. The molecule has 1 unspecified atom stereocenters. The number of halogens is 1. The van der Waals surface area contributed by atoms with Crippen LogP contribution in [0.1, 0.15) is 12.5 Å². The Morgan fingerprint density at radius 1 is 1.08 bits per heavy atom. The first-order chi connectivity index (χ1) is 12.7. The topological polar surface area (TPSA) is 63.6 Å². The second-order valence-electron chi connectivity index (χ2n) is 6.04. The number of fused-ring (bicyclic) bond motifs is 1. The van der Waals surface area contributed by atoms with Crippen LogP contribution in [0.3, 0.4) is 0 Å². The molecule has 0 fully saturated rings. The Balaban J connectivity index is 1.52. The van der Waals surface area contributed by atoms with E-state index in [1.165, 1.54) is 16.9 Å². The molecule has 3 heterocycles. The molecule has 1 atom stereocenters. The van der Waals surface area contributed by atoms with E-state index in [0.29, 0.717) is 0 Å². The number of pyridine rings is 2. The molecule has 0 bridgehead atoms. The van der Waals surface area contributed by atoms with Gasteiger partial charge in [0.2, 0.25) is 5.13 Å². The maximum absolute atomic E-state index is 4.70. The van der Waals surface area contributed by atoms with Gasteiger partial charge in [0.25, 0.3) is 0 Å². The van der Waals surface area contributed by atoms with E-state index >= 15 is 0 Å². The SMILES string of the molecule is CC(Cc1ccccc1)Nc1nnc(-c2ccc3cncc(Br)c3n2)s1. The van der Waals surface area contributed by atoms with Crippen molar-refractivity contribution in [3.8, 4) is 10.7 Å². The van der Waals surface area contributed by atoms with E-state index in [9.17, 15) is 0 Å². The van der Waals surface area contributed by atoms with E-state index in [1.54, 1.807) is 12.4 Å². The zero-order valence-electron chi connectivity index (χ0n) is 14.1. The maximum atomic E-state index is 4.70. The van der Waals surface area contributed by atoms with E-state index in [4.69, 9.17) is 4.98 Å². The summed E-state index contributed by atoms with van der Waals surface area (Å²) in [7, 11) is 0. The van der Waals surface area contributed by atoms with Gasteiger partial charge in [-0.05, 0) is 47.0 Å². The van der Waals surface area contributed by atoms with Gasteiger partial charge in [0.15, 0.2) is 5.01 Å². The maximum Gasteiger partial charge on any atom is 0.206 e. The Hall–Kier alpha value is -2.38. The molecule has 1 aromatic carbocycles. The predicted molar refractivity (Wildman–Crippen MR) is 109 cm³/mol. The van der Waals surface area contributed by atoms with Crippen molar-refractivity contribution in [3.63, 3.8) is 0 Å². The van der Waals surface area contributed by atoms with Gasteiger partial charge in [0.1, 0.15) is 5.69 Å². The fourth-order valence-corrected chi connectivity index (χ4v) is 4.00. The molecule has 7 heteroatoms. The first kappa shape index (κ1) is 17.1. The number of nitrogens with one attached hydrogen (secondary N) is 1. The zero-order valence-corrected chi connectivity index (χ0v) is 16.5. The summed E-state index contributed by atoms with van der Waals surface area (Å²) in [5.74, 6) is 0. The largest absolute Gasteiger partial charge is 0.357 e. The Kier molecular flexibility index (Phi) is 4.90. The van der Waals surface area contributed by atoms with Crippen LogP contribution < -0.4 is 5.32 Å². The highest BCUT2D eigenvalue weighted by molar-refractivity contribution is 9.10. The average molecular weight is 426 g/mol. The van der Waals surface area contributed by atoms with Crippen molar-refractivity contribution in [1.29, 1.82) is 0 Å². The van der Waals surface area contributed by atoms with Crippen LogP contribution in [-0.2, 0) is 6.42 Å². The summed E-state index contributed by atoms with van der Waals surface area (Å²) in [6.07, 6.45) is 4.48. The molecule has 0 spiro atoms. The summed E-state index contributed by atoms with van der Waals surface area (Å²) < 4.78 is 0.871. The lowest BCUT2D eigenvalue weighted by Crippen LogP contribution is -2.17. The normalized spacial score (nSPS) is 12.2. The van der Waals surface area contributed by atoms with Gasteiger partial charge in [0.05, 0.1) is 9.99 Å². The molecule has 0 aliphatic carbocycles. The van der Waals surface area contributed by atoms with E-state index in [0.717, 1.165) is 37.6 Å². The molecular weight excluding hydrogens is 410 g/mol. The van der Waals surface area contributed by atoms with E-state index in [-0.39, 0.29) is 6.04 Å². The monoisotopic (exact) mass is 425 g/mol. The number of aromatic nitrogens is 4. The summed E-state index contributed by atoms with van der Waals surface area (Å²) in [5, 5.41) is 14.6. The Morgan fingerprint density at radius 2 is 1.92 bits per heavy atom. The molecule has 26 heavy (non-hydrogen) atoms. The number of rotatable bonds is 5. The van der Waals surface area contributed by atoms with Crippen molar-refractivity contribution in [2.45, 2.75) is 19.4 Å². The molecule has 0 radical (unpaired) electrons. The van der Waals surface area contributed by atoms with Crippen molar-refractivity contribution in [1.82, 2.24) is 20.2 Å². The fraction of sp³-hybridized carbons (Fsp3) is 0.158. The van der Waals surface area contributed by atoms with E-state index < -0.39 is 0 Å². The van der Waals surface area contributed by atoms with Crippen molar-refractivity contribution in [2.24, 2.45) is 0 Å². The second kappa shape index (κ2) is 7.47. The van der Waals surface area contributed by atoms with Crippen LogP contribution >= 0.6 is 27.3 Å². The van der Waals surface area contributed by atoms with Crippen molar-refractivity contribution < 1.29 is 0 Å². The fourth-order valence-electron chi connectivity index (χ4n) is 2.74. The molecule has 0 aliphatic rings. The third-order valence-electron chi connectivity index (χ3n) is 3.95. The molecule has 0 saturated heterocycles. The minimum atomic E-state index is 0.267. The Morgan fingerprint density at radius 3 is 2.77 bits per heavy atom. The lowest BCUT2D eigenvalue weighted by molar-refractivity contribution is 0.785. The van der Waals surface area contributed by atoms with Crippen molar-refractivity contribution in [3.05, 3.63) is 64.9 Å². The molecule has 0 aliphatic heterocycles. The molecule has 4 aromatic rings. The first-order valence-electron chi connectivity index (χ1n) is 8.23. The zero-order chi connectivity index (χ0) is 17.9.